The van der Waals surface area contributed by atoms with Gasteiger partial charge in [-0.2, -0.15) is 0 Å². The van der Waals surface area contributed by atoms with E-state index in [0.29, 0.717) is 13.2 Å². The smallest absolute Gasteiger partial charge is 0.260 e. The van der Waals surface area contributed by atoms with E-state index >= 15 is 0 Å². The van der Waals surface area contributed by atoms with Crippen molar-refractivity contribution in [1.29, 1.82) is 0 Å². The molecule has 4 heteroatoms. The first-order valence-electron chi connectivity index (χ1n) is 8.17. The van der Waals surface area contributed by atoms with E-state index in [2.05, 4.69) is 5.32 Å². The fraction of sp³-hybridized carbons (Fsp3) is 0.350. The number of rotatable bonds is 7. The summed E-state index contributed by atoms with van der Waals surface area (Å²) in [6, 6.07) is 13.7. The van der Waals surface area contributed by atoms with Crippen molar-refractivity contribution < 1.29 is 14.3 Å². The number of carbonyl (C=O) groups excluding carboxylic acids is 1. The van der Waals surface area contributed by atoms with Crippen LogP contribution >= 0.6 is 0 Å². The molecule has 0 aliphatic heterocycles. The molecule has 1 atom stereocenters. The number of aryl methyl sites for hydroxylation is 3. The maximum atomic E-state index is 12.1. The van der Waals surface area contributed by atoms with Gasteiger partial charge in [0, 0.05) is 0 Å². The Kier molecular flexibility index (Phi) is 6.24. The van der Waals surface area contributed by atoms with E-state index in [4.69, 9.17) is 9.47 Å². The lowest BCUT2D eigenvalue weighted by Gasteiger charge is -2.16. The molecule has 0 bridgehead atoms. The lowest BCUT2D eigenvalue weighted by Crippen LogP contribution is -2.38. The Morgan fingerprint density at radius 1 is 1.08 bits per heavy atom. The molecule has 0 heterocycles. The average Bonchev–Trinajstić information content (AvgIpc) is 2.54. The van der Waals surface area contributed by atoms with Gasteiger partial charge >= 0.3 is 0 Å². The van der Waals surface area contributed by atoms with Crippen molar-refractivity contribution in [2.45, 2.75) is 33.8 Å². The van der Waals surface area contributed by atoms with Gasteiger partial charge in [-0.1, -0.05) is 29.8 Å². The van der Waals surface area contributed by atoms with Crippen LogP contribution in [0.4, 0.5) is 0 Å². The van der Waals surface area contributed by atoms with Crippen molar-refractivity contribution in [2.24, 2.45) is 0 Å². The number of hydrogen-bond acceptors (Lipinski definition) is 3. The zero-order valence-electron chi connectivity index (χ0n) is 14.8. The number of benzene rings is 2. The van der Waals surface area contributed by atoms with Crippen LogP contribution in [-0.2, 0) is 4.79 Å². The number of hydrogen-bond donors (Lipinski definition) is 1. The van der Waals surface area contributed by atoms with Crippen molar-refractivity contribution in [3.05, 3.63) is 59.2 Å². The monoisotopic (exact) mass is 327 g/mol. The summed E-state index contributed by atoms with van der Waals surface area (Å²) in [6.45, 7) is 8.62. The van der Waals surface area contributed by atoms with Gasteiger partial charge in [-0.25, -0.2) is 0 Å². The molecule has 0 aromatic heterocycles. The predicted octanol–water partition coefficient (Wildman–Crippen LogP) is 3.57. The third-order valence-electron chi connectivity index (χ3n) is 3.66. The van der Waals surface area contributed by atoms with Crippen LogP contribution in [0.25, 0.3) is 0 Å². The fourth-order valence-electron chi connectivity index (χ4n) is 2.37. The minimum atomic E-state index is -0.551. The Morgan fingerprint density at radius 3 is 2.54 bits per heavy atom. The normalized spacial score (nSPS) is 11.7. The van der Waals surface area contributed by atoms with Crippen molar-refractivity contribution in [1.82, 2.24) is 5.32 Å². The van der Waals surface area contributed by atoms with Gasteiger partial charge in [0.1, 0.15) is 18.1 Å². The molecule has 1 amide bonds. The Hall–Kier alpha value is -2.49. The lowest BCUT2D eigenvalue weighted by molar-refractivity contribution is -0.127. The molecule has 2 aromatic rings. The molecule has 0 spiro atoms. The van der Waals surface area contributed by atoms with Crippen LogP contribution in [0.5, 0.6) is 11.5 Å². The highest BCUT2D eigenvalue weighted by atomic mass is 16.5. The summed E-state index contributed by atoms with van der Waals surface area (Å²) in [5.41, 5.74) is 3.34. The van der Waals surface area contributed by atoms with Crippen molar-refractivity contribution in [3.63, 3.8) is 0 Å². The molecular formula is C20H25NO3. The van der Waals surface area contributed by atoms with Gasteiger partial charge in [-0.15, -0.1) is 0 Å². The second kappa shape index (κ2) is 8.39. The van der Waals surface area contributed by atoms with Crippen LogP contribution in [0.1, 0.15) is 23.6 Å². The molecule has 0 saturated carbocycles. The lowest BCUT2D eigenvalue weighted by atomic mass is 10.1. The molecule has 1 N–H and O–H groups in total. The summed E-state index contributed by atoms with van der Waals surface area (Å²) in [7, 11) is 0. The van der Waals surface area contributed by atoms with Crippen LogP contribution < -0.4 is 14.8 Å². The fourth-order valence-corrected chi connectivity index (χ4v) is 2.37. The van der Waals surface area contributed by atoms with E-state index in [1.165, 1.54) is 5.56 Å². The van der Waals surface area contributed by atoms with E-state index in [0.717, 1.165) is 22.6 Å². The largest absolute Gasteiger partial charge is 0.492 e. The topological polar surface area (TPSA) is 47.6 Å². The van der Waals surface area contributed by atoms with Crippen LogP contribution in [0.2, 0.25) is 0 Å². The van der Waals surface area contributed by atoms with E-state index in [9.17, 15) is 4.79 Å². The molecule has 0 radical (unpaired) electrons. The maximum absolute atomic E-state index is 12.1. The zero-order chi connectivity index (χ0) is 17.5. The van der Waals surface area contributed by atoms with Gasteiger partial charge in [0.25, 0.3) is 5.91 Å². The average molecular weight is 327 g/mol. The Morgan fingerprint density at radius 2 is 1.83 bits per heavy atom. The molecular weight excluding hydrogens is 302 g/mol. The molecule has 2 rings (SSSR count). The molecule has 0 aliphatic rings. The summed E-state index contributed by atoms with van der Waals surface area (Å²) in [6.07, 6.45) is -0.551. The number of nitrogens with one attached hydrogen (secondary N) is 1. The minimum Gasteiger partial charge on any atom is -0.492 e. The van der Waals surface area contributed by atoms with Gasteiger partial charge < -0.3 is 14.8 Å². The van der Waals surface area contributed by atoms with Crippen LogP contribution in [0, 0.1) is 20.8 Å². The van der Waals surface area contributed by atoms with E-state index in [-0.39, 0.29) is 5.91 Å². The number of ether oxygens (including phenoxy) is 2. The first kappa shape index (κ1) is 17.9. The summed E-state index contributed by atoms with van der Waals surface area (Å²) in [4.78, 5) is 12.1. The Labute approximate surface area is 143 Å². The Balaban J connectivity index is 1.75. The molecule has 128 valence electrons. The first-order valence-corrected chi connectivity index (χ1v) is 8.17. The number of carbonyl (C=O) groups is 1. The molecule has 4 nitrogen and oxygen atoms in total. The second-order valence-corrected chi connectivity index (χ2v) is 5.99. The number of amides is 1. The highest BCUT2D eigenvalue weighted by Gasteiger charge is 2.15. The van der Waals surface area contributed by atoms with Crippen molar-refractivity contribution in [2.75, 3.05) is 13.2 Å². The summed E-state index contributed by atoms with van der Waals surface area (Å²) in [5.74, 6) is 1.39. The van der Waals surface area contributed by atoms with Gasteiger partial charge in [0.15, 0.2) is 6.10 Å². The standard InChI is InChI=1S/C20H25NO3/c1-14-6-5-7-18(13-14)23-11-10-21-20(22)17(4)24-19-9-8-15(2)12-16(19)3/h5-9,12-13,17H,10-11H2,1-4H3,(H,21,22)/t17-/m1/s1. The maximum Gasteiger partial charge on any atom is 0.260 e. The van der Waals surface area contributed by atoms with Crippen LogP contribution in [0.3, 0.4) is 0 Å². The van der Waals surface area contributed by atoms with Gasteiger partial charge in [-0.05, 0) is 57.0 Å². The zero-order valence-corrected chi connectivity index (χ0v) is 14.8. The molecule has 0 saturated heterocycles. The molecule has 0 unspecified atom stereocenters. The third-order valence-corrected chi connectivity index (χ3v) is 3.66. The summed E-state index contributed by atoms with van der Waals surface area (Å²) < 4.78 is 11.4. The van der Waals surface area contributed by atoms with Gasteiger partial charge in [-0.3, -0.25) is 4.79 Å². The third kappa shape index (κ3) is 5.30. The van der Waals surface area contributed by atoms with E-state index in [1.807, 2.05) is 63.2 Å². The minimum absolute atomic E-state index is 0.150. The Bertz CT molecular complexity index is 697. The highest BCUT2D eigenvalue weighted by Crippen LogP contribution is 2.20. The van der Waals surface area contributed by atoms with Gasteiger partial charge in [0.2, 0.25) is 0 Å². The molecule has 0 fully saturated rings. The summed E-state index contributed by atoms with van der Waals surface area (Å²) in [5, 5.41) is 2.83. The van der Waals surface area contributed by atoms with Gasteiger partial charge in [0.05, 0.1) is 6.54 Å². The molecule has 24 heavy (non-hydrogen) atoms. The van der Waals surface area contributed by atoms with E-state index in [1.54, 1.807) is 6.92 Å². The van der Waals surface area contributed by atoms with Crippen molar-refractivity contribution in [3.8, 4) is 11.5 Å². The first-order chi connectivity index (χ1) is 11.5. The summed E-state index contributed by atoms with van der Waals surface area (Å²) >= 11 is 0. The second-order valence-electron chi connectivity index (χ2n) is 5.99. The quantitative estimate of drug-likeness (QED) is 0.791. The highest BCUT2D eigenvalue weighted by molar-refractivity contribution is 5.80. The van der Waals surface area contributed by atoms with E-state index < -0.39 is 6.10 Å². The molecule has 2 aromatic carbocycles. The predicted molar refractivity (Wildman–Crippen MR) is 95.7 cm³/mol. The molecule has 0 aliphatic carbocycles. The van der Waals surface area contributed by atoms with Crippen LogP contribution in [0.15, 0.2) is 42.5 Å². The van der Waals surface area contributed by atoms with Crippen molar-refractivity contribution >= 4 is 5.91 Å². The SMILES string of the molecule is Cc1cccc(OCCNC(=O)[C@@H](C)Oc2ccc(C)cc2C)c1. The van der Waals surface area contributed by atoms with Crippen LogP contribution in [-0.4, -0.2) is 25.2 Å².